The van der Waals surface area contributed by atoms with Crippen molar-refractivity contribution in [3.05, 3.63) is 99.7 Å². The number of aromatic nitrogens is 1. The number of nitrogens with two attached hydrogens (primary N) is 1. The number of non-ortho nitro benzene ring substituents is 1. The van der Waals surface area contributed by atoms with E-state index in [4.69, 9.17) is 24.7 Å². The number of unbranched alkanes of at least 4 members (excludes halogenated alkanes) is 1. The number of nitro benzene ring substituents is 1. The number of aryl methyl sites for hydroxylation is 1. The molecule has 70 heavy (non-hydrogen) atoms. The van der Waals surface area contributed by atoms with Crippen LogP contribution in [-0.2, 0) is 35.2 Å². The number of nitrogens with one attached hydrogen (secondary N) is 4. The number of phenolic OH excluding ortho intramolecular Hbond substituents is 1. The molecule has 4 aromatic rings. The number of pyridine rings is 1. The van der Waals surface area contributed by atoms with Crippen LogP contribution in [0.4, 0.5) is 21.0 Å². The van der Waals surface area contributed by atoms with E-state index in [0.717, 1.165) is 55.4 Å². The highest BCUT2D eigenvalue weighted by Gasteiger charge is 2.23. The van der Waals surface area contributed by atoms with E-state index in [2.05, 4.69) is 33.2 Å². The molecule has 0 aliphatic carbocycles. The molecule has 0 radical (unpaired) electrons. The van der Waals surface area contributed by atoms with Crippen LogP contribution in [0.1, 0.15) is 95.6 Å². The molecule has 5 rings (SSSR count). The van der Waals surface area contributed by atoms with Gasteiger partial charge in [0.05, 0.1) is 16.0 Å². The summed E-state index contributed by atoms with van der Waals surface area (Å²) in [6.45, 7) is 18.0. The first-order chi connectivity index (χ1) is 33.1. The molecule has 1 unspecified atom stereocenters. The largest absolute Gasteiger partial charge is 0.514 e. The lowest BCUT2D eigenvalue weighted by Crippen LogP contribution is -2.43. The van der Waals surface area contributed by atoms with Crippen LogP contribution in [-0.4, -0.2) is 113 Å². The number of anilines is 1. The predicted molar refractivity (Wildman–Crippen MR) is 263 cm³/mol. The Kier molecular flexibility index (Phi) is 25.3. The van der Waals surface area contributed by atoms with Crippen LogP contribution < -0.4 is 31.7 Å². The Hall–Kier alpha value is -7.39. The van der Waals surface area contributed by atoms with Gasteiger partial charge in [-0.2, -0.15) is 0 Å². The maximum atomic E-state index is 12.7. The fraction of sp³-hybridized carbons (Fsp3) is 0.449. The molecule has 0 spiro atoms. The van der Waals surface area contributed by atoms with Crippen LogP contribution in [0.2, 0.25) is 0 Å². The Morgan fingerprint density at radius 1 is 0.943 bits per heavy atom. The topological polar surface area (TPSA) is 293 Å². The third-order valence-corrected chi connectivity index (χ3v) is 9.78. The SMILES string of the molecule is CC(C)(C)OC(=O)NCCNC(=O)c1cc(NC=O)ccc1COC(=O)Oc1ccc([N+](=O)[O-])cc1.CC(NC=O)C(=O)N1CCCC1.CCCCOC(C)(C)CN.Cc1ccnc2ccc(O)cc12. The second kappa shape index (κ2) is 30.2. The number of hydrogen-bond donors (Lipinski definition) is 6. The number of phenols is 1. The molecule has 21 heteroatoms. The lowest BCUT2D eigenvalue weighted by Gasteiger charge is -2.22. The first-order valence-electron chi connectivity index (χ1n) is 22.7. The standard InChI is InChI=1S/C23H26N4O9.C10H9NO.C8H14N2O2.C8H19NO/c1-23(2,3)36-21(30)25-11-10-24-20(29)19-12-16(26-14-28)5-4-15(19)13-34-22(31)35-18-8-6-17(7-9-18)27(32)33;1-7-4-5-11-10-3-2-8(12)6-9(7)10;1-7(9-6-11)8(12)10-4-2-3-5-10;1-4-5-6-10-8(2,3)7-9/h4-9,12,14H,10-11,13H2,1-3H3,(H,24,29)(H,25,30)(H,26,28);2-6,12H,1H3;6-7H,2-5H2,1H3,(H,9,11);4-7,9H2,1-3H3. The monoisotopic (exact) mass is 976 g/mol. The van der Waals surface area contributed by atoms with Crippen LogP contribution >= 0.6 is 0 Å². The van der Waals surface area contributed by atoms with Crippen LogP contribution in [0.5, 0.6) is 11.5 Å². The summed E-state index contributed by atoms with van der Waals surface area (Å²) in [5.41, 5.74) is 7.32. The van der Waals surface area contributed by atoms with Crippen molar-refractivity contribution in [2.24, 2.45) is 5.73 Å². The van der Waals surface area contributed by atoms with Crippen molar-refractivity contribution in [3.8, 4) is 11.5 Å². The fourth-order valence-electron chi connectivity index (χ4n) is 5.93. The molecule has 382 valence electrons. The van der Waals surface area contributed by atoms with Crippen LogP contribution in [0, 0.1) is 17.0 Å². The highest BCUT2D eigenvalue weighted by atomic mass is 16.7. The van der Waals surface area contributed by atoms with E-state index in [9.17, 15) is 44.0 Å². The third kappa shape index (κ3) is 22.6. The summed E-state index contributed by atoms with van der Waals surface area (Å²) in [7, 11) is 0. The zero-order valence-electron chi connectivity index (χ0n) is 41.2. The Balaban J connectivity index is 0.000000395. The Morgan fingerprint density at radius 2 is 1.61 bits per heavy atom. The van der Waals surface area contributed by atoms with E-state index in [-0.39, 0.29) is 54.2 Å². The smallest absolute Gasteiger partial charge is 0.508 e. The number of ether oxygens (including phenoxy) is 4. The van der Waals surface area contributed by atoms with Gasteiger partial charge in [0.15, 0.2) is 0 Å². The van der Waals surface area contributed by atoms with Crippen molar-refractivity contribution in [3.63, 3.8) is 0 Å². The molecule has 1 aliphatic rings. The van der Waals surface area contributed by atoms with Gasteiger partial charge in [0.2, 0.25) is 18.7 Å². The lowest BCUT2D eigenvalue weighted by molar-refractivity contribution is -0.384. The molecule has 0 bridgehead atoms. The normalized spacial score (nSPS) is 12.2. The van der Waals surface area contributed by atoms with Gasteiger partial charge in [0.1, 0.15) is 29.7 Å². The number of rotatable bonds is 18. The Labute approximate surface area is 408 Å². The molecule has 1 saturated heterocycles. The molecular weight excluding hydrogens is 909 g/mol. The van der Waals surface area contributed by atoms with Gasteiger partial charge in [-0.1, -0.05) is 19.4 Å². The molecule has 1 fully saturated rings. The predicted octanol–water partition coefficient (Wildman–Crippen LogP) is 6.67. The summed E-state index contributed by atoms with van der Waals surface area (Å²) >= 11 is 0. The number of likely N-dealkylation sites (tertiary alicyclic amines) is 1. The zero-order chi connectivity index (χ0) is 52.3. The highest BCUT2D eigenvalue weighted by Crippen LogP contribution is 2.22. The molecule has 5 amide bonds. The number of benzene rings is 3. The van der Waals surface area contributed by atoms with E-state index >= 15 is 0 Å². The number of fused-ring (bicyclic) bond motifs is 1. The number of hydrogen-bond acceptors (Lipinski definition) is 15. The summed E-state index contributed by atoms with van der Waals surface area (Å²) in [4.78, 5) is 84.8. The number of carbonyl (C=O) groups is 6. The van der Waals surface area contributed by atoms with Crippen molar-refractivity contribution < 1.29 is 57.7 Å². The molecule has 1 atom stereocenters. The van der Waals surface area contributed by atoms with Crippen LogP contribution in [0.25, 0.3) is 10.9 Å². The second-order valence-electron chi connectivity index (χ2n) is 17.2. The maximum absolute atomic E-state index is 12.7. The summed E-state index contributed by atoms with van der Waals surface area (Å²) in [5.74, 6) is -0.192. The van der Waals surface area contributed by atoms with Gasteiger partial charge in [-0.3, -0.25) is 34.3 Å². The Morgan fingerprint density at radius 3 is 2.21 bits per heavy atom. The minimum Gasteiger partial charge on any atom is -0.508 e. The summed E-state index contributed by atoms with van der Waals surface area (Å²) in [5, 5.41) is 30.9. The van der Waals surface area contributed by atoms with Gasteiger partial charge < -0.3 is 56.0 Å². The first kappa shape index (κ1) is 58.7. The minimum absolute atomic E-state index is 0.0274. The van der Waals surface area contributed by atoms with E-state index < -0.39 is 28.7 Å². The van der Waals surface area contributed by atoms with E-state index in [1.54, 1.807) is 50.9 Å². The van der Waals surface area contributed by atoms with E-state index in [1.807, 2.05) is 32.9 Å². The van der Waals surface area contributed by atoms with Gasteiger partial charge in [-0.25, -0.2) is 9.59 Å². The molecule has 3 aromatic carbocycles. The van der Waals surface area contributed by atoms with Gasteiger partial charge >= 0.3 is 12.2 Å². The van der Waals surface area contributed by atoms with Crippen LogP contribution in [0.15, 0.2) is 72.9 Å². The minimum atomic E-state index is -1.09. The number of alkyl carbamates (subject to hydrolysis) is 1. The van der Waals surface area contributed by atoms with E-state index in [0.29, 0.717) is 36.4 Å². The molecule has 0 saturated carbocycles. The Bertz CT molecular complexity index is 2320. The van der Waals surface area contributed by atoms with Gasteiger partial charge in [0, 0.05) is 79.9 Å². The fourth-order valence-corrected chi connectivity index (χ4v) is 5.93. The summed E-state index contributed by atoms with van der Waals surface area (Å²) in [6, 6.07) is 16.0. The molecule has 21 nitrogen and oxygen atoms in total. The summed E-state index contributed by atoms with van der Waals surface area (Å²) < 4.78 is 20.6. The van der Waals surface area contributed by atoms with E-state index in [1.165, 1.54) is 48.9 Å². The molecule has 7 N–H and O–H groups in total. The highest BCUT2D eigenvalue weighted by molar-refractivity contribution is 5.97. The molecular formula is C49H68N8O13. The number of amides is 5. The average Bonchev–Trinajstić information content (AvgIpc) is 3.86. The number of aromatic hydroxyl groups is 1. The van der Waals surface area contributed by atoms with Crippen molar-refractivity contribution in [2.45, 2.75) is 105 Å². The summed E-state index contributed by atoms with van der Waals surface area (Å²) in [6.07, 6.45) is 5.54. The third-order valence-electron chi connectivity index (χ3n) is 9.78. The molecule has 2 heterocycles. The van der Waals surface area contributed by atoms with Crippen molar-refractivity contribution >= 4 is 59.2 Å². The van der Waals surface area contributed by atoms with Gasteiger partial charge in [0.25, 0.3) is 11.6 Å². The zero-order valence-corrected chi connectivity index (χ0v) is 41.2. The molecule has 1 aliphatic heterocycles. The molecule has 1 aromatic heterocycles. The van der Waals surface area contributed by atoms with Crippen LogP contribution in [0.3, 0.4) is 0 Å². The first-order valence-corrected chi connectivity index (χ1v) is 22.7. The van der Waals surface area contributed by atoms with Crippen molar-refractivity contribution in [1.29, 1.82) is 0 Å². The van der Waals surface area contributed by atoms with Gasteiger partial charge in [-0.15, -0.1) is 0 Å². The second-order valence-corrected chi connectivity index (χ2v) is 17.2. The maximum Gasteiger partial charge on any atom is 0.514 e. The van der Waals surface area contributed by atoms with Gasteiger partial charge in [-0.05, 0) is 122 Å². The quantitative estimate of drug-likeness (QED) is 0.0152. The number of carbonyl (C=O) groups excluding carboxylic acids is 6. The number of nitrogens with zero attached hydrogens (tertiary/aromatic N) is 3. The van der Waals surface area contributed by atoms with Crippen molar-refractivity contribution in [2.75, 3.05) is 44.6 Å². The average molecular weight is 977 g/mol. The lowest BCUT2D eigenvalue weighted by atomic mass is 10.1. The van der Waals surface area contributed by atoms with Crippen molar-refractivity contribution in [1.82, 2.24) is 25.8 Å². The number of nitro groups is 1.